The van der Waals surface area contributed by atoms with Gasteiger partial charge in [0.1, 0.15) is 5.82 Å². The molecule has 0 radical (unpaired) electrons. The second-order valence-electron chi connectivity index (χ2n) is 5.95. The third kappa shape index (κ3) is 3.11. The monoisotopic (exact) mass is 342 g/mol. The average molecular weight is 342 g/mol. The smallest absolute Gasteiger partial charge is 0.243 e. The number of carbonyl (C=O) groups excluding carboxylic acids is 1. The highest BCUT2D eigenvalue weighted by Crippen LogP contribution is 2.37. The highest BCUT2D eigenvalue weighted by molar-refractivity contribution is 7.89. The molecule has 3 rings (SSSR count). The Kier molecular flexibility index (Phi) is 4.39. The standard InChI is InChI=1S/C15H19FN2O4S/c1-17-15(19)5-10-9-22-14-8-18(7-13(10)14)23(20,21)12-4-2-3-11(16)6-12/h2-4,6,10,13-14H,5,7-9H2,1H3,(H,17,19)/t10-,13-,14-/m1/s1. The number of sulfonamides is 1. The summed E-state index contributed by atoms with van der Waals surface area (Å²) in [6, 6.07) is 4.99. The largest absolute Gasteiger partial charge is 0.376 e. The Balaban J connectivity index is 1.76. The molecular formula is C15H19FN2O4S. The van der Waals surface area contributed by atoms with Gasteiger partial charge in [0, 0.05) is 32.5 Å². The number of nitrogens with one attached hydrogen (secondary N) is 1. The first-order chi connectivity index (χ1) is 10.9. The molecule has 126 valence electrons. The number of carbonyl (C=O) groups is 1. The molecule has 1 amide bonds. The summed E-state index contributed by atoms with van der Waals surface area (Å²) in [6.45, 7) is 1.01. The van der Waals surface area contributed by atoms with E-state index in [2.05, 4.69) is 5.32 Å². The van der Waals surface area contributed by atoms with Crippen molar-refractivity contribution < 1.29 is 22.3 Å². The van der Waals surface area contributed by atoms with Crippen molar-refractivity contribution in [2.24, 2.45) is 11.8 Å². The first-order valence-corrected chi connectivity index (χ1v) is 8.93. The Morgan fingerprint density at radius 3 is 2.91 bits per heavy atom. The van der Waals surface area contributed by atoms with Gasteiger partial charge < -0.3 is 10.1 Å². The maximum absolute atomic E-state index is 13.3. The van der Waals surface area contributed by atoms with Gasteiger partial charge in [-0.25, -0.2) is 12.8 Å². The van der Waals surface area contributed by atoms with Crippen LogP contribution in [0.25, 0.3) is 0 Å². The second-order valence-corrected chi connectivity index (χ2v) is 7.89. The minimum atomic E-state index is -3.75. The molecule has 2 aliphatic heterocycles. The van der Waals surface area contributed by atoms with Crippen LogP contribution in [0.15, 0.2) is 29.2 Å². The van der Waals surface area contributed by atoms with Gasteiger partial charge >= 0.3 is 0 Å². The molecule has 0 aromatic heterocycles. The van der Waals surface area contributed by atoms with Crippen LogP contribution in [0.1, 0.15) is 6.42 Å². The first-order valence-electron chi connectivity index (χ1n) is 7.49. The molecule has 1 aromatic carbocycles. The molecule has 8 heteroatoms. The minimum Gasteiger partial charge on any atom is -0.376 e. The fourth-order valence-corrected chi connectivity index (χ4v) is 4.81. The molecule has 1 aromatic rings. The first kappa shape index (κ1) is 16.4. The van der Waals surface area contributed by atoms with Crippen LogP contribution < -0.4 is 5.32 Å². The highest BCUT2D eigenvalue weighted by Gasteiger charge is 2.47. The van der Waals surface area contributed by atoms with Crippen molar-refractivity contribution in [2.75, 3.05) is 26.7 Å². The van der Waals surface area contributed by atoms with Crippen LogP contribution in [0.2, 0.25) is 0 Å². The summed E-state index contributed by atoms with van der Waals surface area (Å²) in [7, 11) is -2.17. The molecule has 1 N–H and O–H groups in total. The van der Waals surface area contributed by atoms with Crippen molar-refractivity contribution >= 4 is 15.9 Å². The van der Waals surface area contributed by atoms with E-state index in [1.165, 1.54) is 22.5 Å². The maximum atomic E-state index is 13.3. The van der Waals surface area contributed by atoms with E-state index in [0.717, 1.165) is 6.07 Å². The Bertz CT molecular complexity index is 709. The Hall–Kier alpha value is -1.51. The van der Waals surface area contributed by atoms with E-state index in [4.69, 9.17) is 4.74 Å². The summed E-state index contributed by atoms with van der Waals surface area (Å²) in [6.07, 6.45) is 0.124. The summed E-state index contributed by atoms with van der Waals surface area (Å²) in [5, 5.41) is 2.58. The van der Waals surface area contributed by atoms with E-state index in [1.807, 2.05) is 0 Å². The number of hydrogen-bond donors (Lipinski definition) is 1. The zero-order valence-electron chi connectivity index (χ0n) is 12.7. The van der Waals surface area contributed by atoms with Crippen LogP contribution in [-0.4, -0.2) is 51.5 Å². The van der Waals surface area contributed by atoms with E-state index in [9.17, 15) is 17.6 Å². The molecule has 0 unspecified atom stereocenters. The topological polar surface area (TPSA) is 75.7 Å². The van der Waals surface area contributed by atoms with Crippen LogP contribution in [-0.2, 0) is 19.6 Å². The van der Waals surface area contributed by atoms with Crippen molar-refractivity contribution in [3.8, 4) is 0 Å². The Morgan fingerprint density at radius 2 is 2.22 bits per heavy atom. The quantitative estimate of drug-likeness (QED) is 0.869. The minimum absolute atomic E-state index is 0.00404. The van der Waals surface area contributed by atoms with Crippen molar-refractivity contribution in [1.82, 2.24) is 9.62 Å². The molecule has 0 bridgehead atoms. The number of amides is 1. The highest BCUT2D eigenvalue weighted by atomic mass is 32.2. The number of ether oxygens (including phenoxy) is 1. The van der Waals surface area contributed by atoms with Gasteiger partial charge in [-0.1, -0.05) is 6.07 Å². The van der Waals surface area contributed by atoms with Gasteiger partial charge in [0.05, 0.1) is 17.6 Å². The summed E-state index contributed by atoms with van der Waals surface area (Å²) in [4.78, 5) is 11.5. The van der Waals surface area contributed by atoms with E-state index >= 15 is 0 Å². The molecule has 2 fully saturated rings. The third-order valence-electron chi connectivity index (χ3n) is 4.57. The fourth-order valence-electron chi connectivity index (χ4n) is 3.29. The SMILES string of the molecule is CNC(=O)C[C@@H]1CO[C@@H]2CN(S(=O)(=O)c3cccc(F)c3)C[C@H]12. The molecule has 2 heterocycles. The predicted molar refractivity (Wildman–Crippen MR) is 80.6 cm³/mol. The summed E-state index contributed by atoms with van der Waals surface area (Å²) in [5.74, 6) is -0.659. The lowest BCUT2D eigenvalue weighted by atomic mass is 9.90. The number of benzene rings is 1. The molecule has 0 spiro atoms. The van der Waals surface area contributed by atoms with Gasteiger partial charge in [-0.3, -0.25) is 4.79 Å². The van der Waals surface area contributed by atoms with Crippen LogP contribution in [0.4, 0.5) is 4.39 Å². The van der Waals surface area contributed by atoms with Gasteiger partial charge in [-0.15, -0.1) is 0 Å². The van der Waals surface area contributed by atoms with Crippen molar-refractivity contribution in [1.29, 1.82) is 0 Å². The zero-order chi connectivity index (χ0) is 16.6. The Morgan fingerprint density at radius 1 is 1.43 bits per heavy atom. The molecular weight excluding hydrogens is 323 g/mol. The molecule has 6 nitrogen and oxygen atoms in total. The van der Waals surface area contributed by atoms with E-state index in [0.29, 0.717) is 19.6 Å². The van der Waals surface area contributed by atoms with Crippen molar-refractivity contribution in [3.63, 3.8) is 0 Å². The number of fused-ring (bicyclic) bond motifs is 1. The summed E-state index contributed by atoms with van der Waals surface area (Å²) >= 11 is 0. The number of halogens is 1. The van der Waals surface area contributed by atoms with Crippen LogP contribution in [0.5, 0.6) is 0 Å². The van der Waals surface area contributed by atoms with Crippen LogP contribution in [0, 0.1) is 17.7 Å². The lowest BCUT2D eigenvalue weighted by Crippen LogP contribution is -2.32. The number of rotatable bonds is 4. The Labute approximate surface area is 134 Å². The summed E-state index contributed by atoms with van der Waals surface area (Å²) in [5.41, 5.74) is 0. The summed E-state index contributed by atoms with van der Waals surface area (Å²) < 4.78 is 45.5. The van der Waals surface area contributed by atoms with Crippen molar-refractivity contribution in [2.45, 2.75) is 17.4 Å². The fraction of sp³-hybridized carbons (Fsp3) is 0.533. The molecule has 2 aliphatic rings. The maximum Gasteiger partial charge on any atom is 0.243 e. The lowest BCUT2D eigenvalue weighted by molar-refractivity contribution is -0.121. The predicted octanol–water partition coefficient (Wildman–Crippen LogP) is 0.597. The molecule has 0 aliphatic carbocycles. The van der Waals surface area contributed by atoms with Gasteiger partial charge in [0.15, 0.2) is 0 Å². The number of hydrogen-bond acceptors (Lipinski definition) is 4. The van der Waals surface area contributed by atoms with Crippen LogP contribution >= 0.6 is 0 Å². The normalized spacial score (nSPS) is 27.8. The van der Waals surface area contributed by atoms with Gasteiger partial charge in [0.2, 0.25) is 15.9 Å². The van der Waals surface area contributed by atoms with E-state index < -0.39 is 15.8 Å². The van der Waals surface area contributed by atoms with E-state index in [1.54, 1.807) is 7.05 Å². The lowest BCUT2D eigenvalue weighted by Gasteiger charge is -2.19. The second kappa shape index (κ2) is 6.18. The molecule has 23 heavy (non-hydrogen) atoms. The van der Waals surface area contributed by atoms with E-state index in [-0.39, 0.29) is 35.3 Å². The van der Waals surface area contributed by atoms with Crippen LogP contribution in [0.3, 0.4) is 0 Å². The molecule has 3 atom stereocenters. The molecule has 0 saturated carbocycles. The van der Waals surface area contributed by atoms with Gasteiger partial charge in [-0.2, -0.15) is 4.31 Å². The third-order valence-corrected chi connectivity index (χ3v) is 6.39. The average Bonchev–Trinajstić information content (AvgIpc) is 3.09. The zero-order valence-corrected chi connectivity index (χ0v) is 13.6. The number of nitrogens with zero attached hydrogens (tertiary/aromatic N) is 1. The van der Waals surface area contributed by atoms with Gasteiger partial charge in [-0.05, 0) is 24.1 Å². The van der Waals surface area contributed by atoms with Gasteiger partial charge in [0.25, 0.3) is 0 Å². The molecule has 2 saturated heterocycles. The van der Waals surface area contributed by atoms with Crippen molar-refractivity contribution in [3.05, 3.63) is 30.1 Å².